The number of alkyl halides is 2. The van der Waals surface area contributed by atoms with Gasteiger partial charge in [-0.25, -0.2) is 0 Å². The maximum Gasteiger partial charge on any atom is 0.387 e. The van der Waals surface area contributed by atoms with E-state index in [4.69, 9.17) is 5.73 Å². The molecule has 2 aromatic carbocycles. The van der Waals surface area contributed by atoms with Gasteiger partial charge in [0.2, 0.25) is 0 Å². The quantitative estimate of drug-likeness (QED) is 0.785. The van der Waals surface area contributed by atoms with Gasteiger partial charge in [-0.1, -0.05) is 12.1 Å². The summed E-state index contributed by atoms with van der Waals surface area (Å²) in [7, 11) is 0. The van der Waals surface area contributed by atoms with E-state index in [-0.39, 0.29) is 29.6 Å². The van der Waals surface area contributed by atoms with E-state index in [2.05, 4.69) is 4.74 Å². The van der Waals surface area contributed by atoms with Crippen molar-refractivity contribution in [1.82, 2.24) is 9.80 Å². The summed E-state index contributed by atoms with van der Waals surface area (Å²) in [6, 6.07) is 12.5. The van der Waals surface area contributed by atoms with E-state index in [1.54, 1.807) is 35.2 Å². The number of amides is 2. The maximum atomic E-state index is 12.7. The van der Waals surface area contributed by atoms with Crippen LogP contribution in [0.25, 0.3) is 0 Å². The van der Waals surface area contributed by atoms with Crippen LogP contribution in [-0.4, -0.2) is 54.4 Å². The summed E-state index contributed by atoms with van der Waals surface area (Å²) < 4.78 is 29.5. The van der Waals surface area contributed by atoms with Gasteiger partial charge in [0, 0.05) is 37.4 Å². The Labute approximate surface area is 167 Å². The van der Waals surface area contributed by atoms with Crippen LogP contribution in [0, 0.1) is 0 Å². The van der Waals surface area contributed by atoms with E-state index in [1.165, 1.54) is 23.1 Å². The van der Waals surface area contributed by atoms with Crippen LogP contribution in [0.15, 0.2) is 48.5 Å². The lowest BCUT2D eigenvalue weighted by Gasteiger charge is -2.35. The van der Waals surface area contributed by atoms with Gasteiger partial charge >= 0.3 is 6.61 Å². The highest BCUT2D eigenvalue weighted by Gasteiger charge is 2.27. The van der Waals surface area contributed by atoms with E-state index in [0.717, 1.165) is 0 Å². The minimum absolute atomic E-state index is 0. The average molecular weight is 412 g/mol. The molecule has 2 aromatic rings. The molecular formula is C19H20ClF2N3O3. The molecule has 28 heavy (non-hydrogen) atoms. The first-order valence-corrected chi connectivity index (χ1v) is 8.43. The van der Waals surface area contributed by atoms with Crippen LogP contribution in [0.2, 0.25) is 0 Å². The number of carbonyl (C=O) groups excluding carboxylic acids is 2. The molecule has 0 saturated carbocycles. The number of para-hydroxylation sites is 1. The van der Waals surface area contributed by atoms with Crippen LogP contribution in [0.4, 0.5) is 14.5 Å². The average Bonchev–Trinajstić information content (AvgIpc) is 2.68. The van der Waals surface area contributed by atoms with E-state index in [0.29, 0.717) is 37.4 Å². The van der Waals surface area contributed by atoms with Crippen molar-refractivity contribution in [2.75, 3.05) is 31.9 Å². The molecule has 1 aliphatic heterocycles. The molecule has 0 aromatic heterocycles. The summed E-state index contributed by atoms with van der Waals surface area (Å²) in [5.41, 5.74) is 6.81. The predicted molar refractivity (Wildman–Crippen MR) is 103 cm³/mol. The lowest BCUT2D eigenvalue weighted by molar-refractivity contribution is -0.0503. The Bertz CT molecular complexity index is 825. The number of anilines is 1. The molecule has 2 N–H and O–H groups in total. The minimum Gasteiger partial charge on any atom is -0.434 e. The van der Waals surface area contributed by atoms with Gasteiger partial charge in [0.1, 0.15) is 5.75 Å². The van der Waals surface area contributed by atoms with Crippen LogP contribution in [0.1, 0.15) is 20.7 Å². The predicted octanol–water partition coefficient (Wildman–Crippen LogP) is 2.89. The molecule has 150 valence electrons. The van der Waals surface area contributed by atoms with Crippen LogP contribution in [0.3, 0.4) is 0 Å². The molecule has 1 saturated heterocycles. The maximum absolute atomic E-state index is 12.7. The van der Waals surface area contributed by atoms with Crippen LogP contribution in [0.5, 0.6) is 5.75 Å². The van der Waals surface area contributed by atoms with Crippen molar-refractivity contribution >= 4 is 29.9 Å². The van der Waals surface area contributed by atoms with Gasteiger partial charge in [0.05, 0.1) is 5.56 Å². The van der Waals surface area contributed by atoms with Gasteiger partial charge in [0.25, 0.3) is 11.8 Å². The molecule has 0 atom stereocenters. The fourth-order valence-corrected chi connectivity index (χ4v) is 2.93. The van der Waals surface area contributed by atoms with Gasteiger partial charge in [0.15, 0.2) is 0 Å². The highest BCUT2D eigenvalue weighted by molar-refractivity contribution is 5.97. The van der Waals surface area contributed by atoms with Crippen molar-refractivity contribution in [2.45, 2.75) is 6.61 Å². The van der Waals surface area contributed by atoms with Crippen LogP contribution in [-0.2, 0) is 0 Å². The molecule has 1 fully saturated rings. The summed E-state index contributed by atoms with van der Waals surface area (Å²) in [6.45, 7) is -1.68. The lowest BCUT2D eigenvalue weighted by Crippen LogP contribution is -2.50. The summed E-state index contributed by atoms with van der Waals surface area (Å²) in [5.74, 6) is -0.688. The number of nitrogens with two attached hydrogens (primary N) is 1. The van der Waals surface area contributed by atoms with Crippen molar-refractivity contribution in [1.29, 1.82) is 0 Å². The van der Waals surface area contributed by atoms with Crippen molar-refractivity contribution in [2.24, 2.45) is 0 Å². The fourth-order valence-electron chi connectivity index (χ4n) is 2.93. The van der Waals surface area contributed by atoms with Crippen molar-refractivity contribution in [3.8, 4) is 5.75 Å². The number of ether oxygens (including phenoxy) is 1. The van der Waals surface area contributed by atoms with Crippen LogP contribution >= 0.6 is 12.4 Å². The van der Waals surface area contributed by atoms with E-state index < -0.39 is 12.5 Å². The Morgan fingerprint density at radius 1 is 0.893 bits per heavy atom. The molecule has 6 nitrogen and oxygen atoms in total. The molecular weight excluding hydrogens is 392 g/mol. The topological polar surface area (TPSA) is 75.9 Å². The highest BCUT2D eigenvalue weighted by atomic mass is 35.5. The summed E-state index contributed by atoms with van der Waals surface area (Å²) in [6.07, 6.45) is 0. The van der Waals surface area contributed by atoms with Gasteiger partial charge in [-0.2, -0.15) is 8.78 Å². The van der Waals surface area contributed by atoms with Gasteiger partial charge in [-0.3, -0.25) is 9.59 Å². The first kappa shape index (κ1) is 21.4. The second-order valence-corrected chi connectivity index (χ2v) is 6.08. The van der Waals surface area contributed by atoms with E-state index in [1.807, 2.05) is 0 Å². The molecule has 0 radical (unpaired) electrons. The van der Waals surface area contributed by atoms with E-state index >= 15 is 0 Å². The normalized spacial score (nSPS) is 13.8. The van der Waals surface area contributed by atoms with Gasteiger partial charge in [-0.05, 0) is 36.4 Å². The van der Waals surface area contributed by atoms with Crippen molar-refractivity contribution in [3.05, 3.63) is 59.7 Å². The lowest BCUT2D eigenvalue weighted by atomic mass is 10.1. The number of halogens is 3. The summed E-state index contributed by atoms with van der Waals surface area (Å²) in [4.78, 5) is 28.4. The standard InChI is InChI=1S/C19H19F2N3O3.ClH/c20-19(21)27-16-4-2-1-3-15(16)18(26)24-11-9-23(10-12-24)17(25)13-5-7-14(22)8-6-13;/h1-8,19H,9-12,22H2;1H. The molecule has 1 heterocycles. The molecule has 2 amide bonds. The zero-order valence-corrected chi connectivity index (χ0v) is 15.7. The number of hydrogen-bond acceptors (Lipinski definition) is 4. The third kappa shape index (κ3) is 4.89. The number of carbonyl (C=O) groups is 2. The van der Waals surface area contributed by atoms with Gasteiger partial charge < -0.3 is 20.3 Å². The Morgan fingerprint density at radius 2 is 1.43 bits per heavy atom. The number of nitrogen functional groups attached to an aromatic ring is 1. The zero-order valence-electron chi connectivity index (χ0n) is 14.9. The number of benzene rings is 2. The third-order valence-corrected chi connectivity index (χ3v) is 4.35. The first-order chi connectivity index (χ1) is 13.0. The minimum atomic E-state index is -3.01. The second-order valence-electron chi connectivity index (χ2n) is 6.08. The number of rotatable bonds is 4. The van der Waals surface area contributed by atoms with Crippen LogP contribution < -0.4 is 10.5 Å². The number of hydrogen-bond donors (Lipinski definition) is 1. The Hall–Kier alpha value is -2.87. The molecule has 0 bridgehead atoms. The molecule has 0 aliphatic carbocycles. The second kappa shape index (κ2) is 9.36. The molecule has 0 spiro atoms. The largest absolute Gasteiger partial charge is 0.434 e. The monoisotopic (exact) mass is 411 g/mol. The molecule has 1 aliphatic rings. The molecule has 3 rings (SSSR count). The number of nitrogens with zero attached hydrogens (tertiary/aromatic N) is 2. The molecule has 9 heteroatoms. The third-order valence-electron chi connectivity index (χ3n) is 4.35. The van der Waals surface area contributed by atoms with E-state index in [9.17, 15) is 18.4 Å². The SMILES string of the molecule is Cl.Nc1ccc(C(=O)N2CCN(C(=O)c3ccccc3OC(F)F)CC2)cc1. The Morgan fingerprint density at radius 3 is 2.00 bits per heavy atom. The van der Waals surface area contributed by atoms with Crippen molar-refractivity contribution < 1.29 is 23.1 Å². The molecule has 0 unspecified atom stereocenters. The smallest absolute Gasteiger partial charge is 0.387 e. The fraction of sp³-hybridized carbons (Fsp3) is 0.263. The first-order valence-electron chi connectivity index (χ1n) is 8.43. The highest BCUT2D eigenvalue weighted by Crippen LogP contribution is 2.23. The Balaban J connectivity index is 0.00000280. The summed E-state index contributed by atoms with van der Waals surface area (Å²) >= 11 is 0. The van der Waals surface area contributed by atoms with Crippen molar-refractivity contribution in [3.63, 3.8) is 0 Å². The summed E-state index contributed by atoms with van der Waals surface area (Å²) in [5, 5.41) is 0. The zero-order chi connectivity index (χ0) is 19.4. The van der Waals surface area contributed by atoms with Gasteiger partial charge in [-0.15, -0.1) is 12.4 Å². The number of piperazine rings is 1. The Kier molecular flexibility index (Phi) is 7.17.